The molecule has 1 atom stereocenters. The van der Waals surface area contributed by atoms with Gasteiger partial charge in [-0.05, 0) is 62.0 Å². The molecule has 1 fully saturated rings. The van der Waals surface area contributed by atoms with Gasteiger partial charge in [0.25, 0.3) is 0 Å². The Morgan fingerprint density at radius 2 is 1.88 bits per heavy atom. The van der Waals surface area contributed by atoms with E-state index in [1.165, 1.54) is 24.3 Å². The van der Waals surface area contributed by atoms with Crippen LogP contribution in [0.2, 0.25) is 0 Å². The van der Waals surface area contributed by atoms with E-state index in [-0.39, 0.29) is 30.0 Å². The fourth-order valence-corrected chi connectivity index (χ4v) is 2.82. The number of ether oxygens (including phenoxy) is 1. The molecule has 2 N–H and O–H groups in total. The van der Waals surface area contributed by atoms with Crippen molar-refractivity contribution in [1.82, 2.24) is 5.32 Å². The summed E-state index contributed by atoms with van der Waals surface area (Å²) in [7, 11) is 0. The van der Waals surface area contributed by atoms with Gasteiger partial charge in [-0.1, -0.05) is 6.92 Å². The van der Waals surface area contributed by atoms with Gasteiger partial charge in [-0.2, -0.15) is 0 Å². The zero-order valence-corrected chi connectivity index (χ0v) is 14.2. The molecule has 0 aliphatic carbocycles. The lowest BCUT2D eigenvalue weighted by Gasteiger charge is -2.27. The van der Waals surface area contributed by atoms with Crippen LogP contribution in [0.1, 0.15) is 26.2 Å². The highest BCUT2D eigenvalue weighted by Crippen LogP contribution is 2.26. The minimum atomic E-state index is -4.71. The molecule has 0 saturated carbocycles. The van der Waals surface area contributed by atoms with Gasteiger partial charge in [0.05, 0.1) is 0 Å². The normalized spacial score (nSPS) is 16.8. The molecular formula is C16H22ClF3N2O2. The first-order chi connectivity index (χ1) is 10.8. The molecule has 8 heteroatoms. The van der Waals surface area contributed by atoms with Crippen LogP contribution in [-0.2, 0) is 4.79 Å². The van der Waals surface area contributed by atoms with Crippen molar-refractivity contribution in [3.63, 3.8) is 0 Å². The summed E-state index contributed by atoms with van der Waals surface area (Å²) in [6.07, 6.45) is -2.17. The molecular weight excluding hydrogens is 345 g/mol. The largest absolute Gasteiger partial charge is 0.573 e. The molecule has 24 heavy (non-hydrogen) atoms. The van der Waals surface area contributed by atoms with Crippen LogP contribution in [0.3, 0.4) is 0 Å². The van der Waals surface area contributed by atoms with Crippen molar-refractivity contribution in [3.05, 3.63) is 24.3 Å². The summed E-state index contributed by atoms with van der Waals surface area (Å²) in [5.41, 5.74) is 0.460. The van der Waals surface area contributed by atoms with Crippen LogP contribution >= 0.6 is 12.4 Å². The standard InChI is InChI=1S/C16H21F3N2O2.ClH/c1-11(12-6-8-20-9-7-12)10-15(22)21-13-2-4-14(5-3-13)23-16(17,18)19;/h2-5,11-12,20H,6-10H2,1H3,(H,21,22);1H. The van der Waals surface area contributed by atoms with Crippen LogP contribution < -0.4 is 15.4 Å². The molecule has 1 aromatic rings. The predicted molar refractivity (Wildman–Crippen MR) is 88.4 cm³/mol. The number of amides is 1. The van der Waals surface area contributed by atoms with Gasteiger partial charge in [0.2, 0.25) is 5.91 Å². The minimum absolute atomic E-state index is 0. The number of nitrogens with one attached hydrogen (secondary N) is 2. The maximum Gasteiger partial charge on any atom is 0.573 e. The molecule has 0 bridgehead atoms. The summed E-state index contributed by atoms with van der Waals surface area (Å²) >= 11 is 0. The van der Waals surface area contributed by atoms with Crippen LogP contribution in [0, 0.1) is 11.8 Å². The molecule has 1 heterocycles. The Morgan fingerprint density at radius 3 is 2.42 bits per heavy atom. The van der Waals surface area contributed by atoms with E-state index in [2.05, 4.69) is 22.3 Å². The van der Waals surface area contributed by atoms with Crippen molar-refractivity contribution in [3.8, 4) is 5.75 Å². The van der Waals surface area contributed by atoms with E-state index < -0.39 is 6.36 Å². The van der Waals surface area contributed by atoms with E-state index in [4.69, 9.17) is 0 Å². The number of rotatable bonds is 5. The SMILES string of the molecule is CC(CC(=O)Nc1ccc(OC(F)(F)F)cc1)C1CCNCC1.Cl. The van der Waals surface area contributed by atoms with Crippen LogP contribution in [0.15, 0.2) is 24.3 Å². The highest BCUT2D eigenvalue weighted by molar-refractivity contribution is 5.90. The molecule has 0 aromatic heterocycles. The van der Waals surface area contributed by atoms with Gasteiger partial charge in [-0.3, -0.25) is 4.79 Å². The highest BCUT2D eigenvalue weighted by Gasteiger charge is 2.31. The number of anilines is 1. The second-order valence-electron chi connectivity index (χ2n) is 5.89. The van der Waals surface area contributed by atoms with E-state index in [9.17, 15) is 18.0 Å². The number of carbonyl (C=O) groups is 1. The van der Waals surface area contributed by atoms with Crippen LogP contribution in [0.5, 0.6) is 5.75 Å². The van der Waals surface area contributed by atoms with Crippen molar-refractivity contribution < 1.29 is 22.7 Å². The first-order valence-corrected chi connectivity index (χ1v) is 7.70. The molecule has 1 aliphatic heterocycles. The summed E-state index contributed by atoms with van der Waals surface area (Å²) in [6, 6.07) is 5.15. The Balaban J connectivity index is 0.00000288. The van der Waals surface area contributed by atoms with E-state index in [0.717, 1.165) is 25.9 Å². The Morgan fingerprint density at radius 1 is 1.29 bits per heavy atom. The number of hydrogen-bond donors (Lipinski definition) is 2. The average molecular weight is 367 g/mol. The maximum absolute atomic E-state index is 12.1. The Bertz CT molecular complexity index is 517. The van der Waals surface area contributed by atoms with Crippen LogP contribution in [0.25, 0.3) is 0 Å². The first kappa shape index (κ1) is 20.6. The third kappa shape index (κ3) is 6.97. The first-order valence-electron chi connectivity index (χ1n) is 7.70. The van der Waals surface area contributed by atoms with Gasteiger partial charge < -0.3 is 15.4 Å². The van der Waals surface area contributed by atoms with Crippen molar-refractivity contribution in [1.29, 1.82) is 0 Å². The van der Waals surface area contributed by atoms with Gasteiger partial charge in [0, 0.05) is 12.1 Å². The Kier molecular flexibility index (Phi) is 7.83. The number of halogens is 4. The fourth-order valence-electron chi connectivity index (χ4n) is 2.82. The maximum atomic E-state index is 12.1. The Labute approximate surface area is 145 Å². The lowest BCUT2D eigenvalue weighted by molar-refractivity contribution is -0.274. The number of piperidine rings is 1. The van der Waals surface area contributed by atoms with Crippen molar-refractivity contribution in [2.24, 2.45) is 11.8 Å². The van der Waals surface area contributed by atoms with Gasteiger partial charge in [-0.15, -0.1) is 25.6 Å². The third-order valence-electron chi connectivity index (χ3n) is 4.07. The summed E-state index contributed by atoms with van der Waals surface area (Å²) in [4.78, 5) is 12.0. The molecule has 1 unspecified atom stereocenters. The number of carbonyl (C=O) groups excluding carboxylic acids is 1. The zero-order chi connectivity index (χ0) is 16.9. The van der Waals surface area contributed by atoms with Crippen molar-refractivity contribution in [2.75, 3.05) is 18.4 Å². The highest BCUT2D eigenvalue weighted by atomic mass is 35.5. The topological polar surface area (TPSA) is 50.4 Å². The number of benzene rings is 1. The lowest BCUT2D eigenvalue weighted by atomic mass is 9.84. The van der Waals surface area contributed by atoms with Gasteiger partial charge >= 0.3 is 6.36 Å². The lowest BCUT2D eigenvalue weighted by Crippen LogP contribution is -2.32. The molecule has 1 aliphatic rings. The second-order valence-corrected chi connectivity index (χ2v) is 5.89. The van der Waals surface area contributed by atoms with E-state index in [1.54, 1.807) is 0 Å². The molecule has 1 aromatic carbocycles. The summed E-state index contributed by atoms with van der Waals surface area (Å²) < 4.78 is 40.0. The van der Waals surface area contributed by atoms with E-state index >= 15 is 0 Å². The molecule has 136 valence electrons. The fraction of sp³-hybridized carbons (Fsp3) is 0.562. The van der Waals surface area contributed by atoms with Crippen LogP contribution in [0.4, 0.5) is 18.9 Å². The Hall–Kier alpha value is -1.47. The van der Waals surface area contributed by atoms with Crippen LogP contribution in [-0.4, -0.2) is 25.4 Å². The zero-order valence-electron chi connectivity index (χ0n) is 13.4. The molecule has 4 nitrogen and oxygen atoms in total. The van der Waals surface area contributed by atoms with E-state index in [0.29, 0.717) is 18.0 Å². The quantitative estimate of drug-likeness (QED) is 0.829. The van der Waals surface area contributed by atoms with Gasteiger partial charge in [0.15, 0.2) is 0 Å². The summed E-state index contributed by atoms with van der Waals surface area (Å²) in [6.45, 7) is 4.03. The average Bonchev–Trinajstić information content (AvgIpc) is 2.48. The van der Waals surface area contributed by atoms with Gasteiger partial charge in [-0.25, -0.2) is 0 Å². The summed E-state index contributed by atoms with van der Waals surface area (Å²) in [5, 5.41) is 6.00. The molecule has 1 saturated heterocycles. The number of alkyl halides is 3. The molecule has 2 rings (SSSR count). The third-order valence-corrected chi connectivity index (χ3v) is 4.07. The molecule has 0 radical (unpaired) electrons. The second kappa shape index (κ2) is 9.13. The number of hydrogen-bond acceptors (Lipinski definition) is 3. The minimum Gasteiger partial charge on any atom is -0.406 e. The van der Waals surface area contributed by atoms with Gasteiger partial charge in [0.1, 0.15) is 5.75 Å². The summed E-state index contributed by atoms with van der Waals surface area (Å²) in [5.74, 6) is 0.383. The monoisotopic (exact) mass is 366 g/mol. The molecule has 1 amide bonds. The van der Waals surface area contributed by atoms with Crippen molar-refractivity contribution >= 4 is 24.0 Å². The smallest absolute Gasteiger partial charge is 0.406 e. The van der Waals surface area contributed by atoms with E-state index in [1.807, 2.05) is 0 Å². The molecule has 0 spiro atoms. The predicted octanol–water partition coefficient (Wildman–Crippen LogP) is 3.97. The van der Waals surface area contributed by atoms with Crippen molar-refractivity contribution in [2.45, 2.75) is 32.5 Å².